The minimum Gasteiger partial charge on any atom is -0.480 e. The molecule has 3 N–H and O–H groups in total. The predicted molar refractivity (Wildman–Crippen MR) is 75.1 cm³/mol. The Morgan fingerprint density at radius 3 is 2.60 bits per heavy atom. The summed E-state index contributed by atoms with van der Waals surface area (Å²) in [5.41, 5.74) is 0.910. The van der Waals surface area contributed by atoms with Gasteiger partial charge in [0.25, 0.3) is 0 Å². The lowest BCUT2D eigenvalue weighted by atomic mass is 10.2. The topological polar surface area (TPSA) is 89.9 Å². The Balaban J connectivity index is 1.94. The predicted octanol–water partition coefficient (Wildman–Crippen LogP) is 1.18. The van der Waals surface area contributed by atoms with Crippen LogP contribution in [0.15, 0.2) is 28.7 Å². The van der Waals surface area contributed by atoms with E-state index in [9.17, 15) is 14.7 Å². The van der Waals surface area contributed by atoms with Crippen molar-refractivity contribution in [2.24, 2.45) is 0 Å². The third kappa shape index (κ3) is 3.49. The second kappa shape index (κ2) is 6.23. The Labute approximate surface area is 124 Å². The van der Waals surface area contributed by atoms with Crippen molar-refractivity contribution in [1.29, 1.82) is 0 Å². The first-order valence-corrected chi connectivity index (χ1v) is 6.96. The van der Waals surface area contributed by atoms with Crippen molar-refractivity contribution in [3.05, 3.63) is 34.3 Å². The highest BCUT2D eigenvalue weighted by Crippen LogP contribution is 2.18. The third-order valence-corrected chi connectivity index (χ3v) is 3.71. The Morgan fingerprint density at radius 2 is 2.00 bits per heavy atom. The molecule has 2 atom stereocenters. The van der Waals surface area contributed by atoms with Crippen molar-refractivity contribution >= 4 is 27.9 Å². The molecule has 6 nitrogen and oxygen atoms in total. The standard InChI is InChI=1S/C13H15BrN2O4/c14-9-3-1-8(2-4-9)6-15-13(20)16-7-10(17)5-11(16)12(18)19/h1-4,10-11,17H,5-7H2,(H,15,20)(H,18,19)/t10-,11-/m1/s1. The average Bonchev–Trinajstić information content (AvgIpc) is 2.80. The summed E-state index contributed by atoms with van der Waals surface area (Å²) < 4.78 is 0.946. The maximum Gasteiger partial charge on any atom is 0.326 e. The first kappa shape index (κ1) is 14.8. The van der Waals surface area contributed by atoms with Crippen LogP contribution in [0, 0.1) is 0 Å². The number of nitrogens with one attached hydrogen (secondary N) is 1. The largest absolute Gasteiger partial charge is 0.480 e. The number of carbonyl (C=O) groups excluding carboxylic acids is 1. The number of benzene rings is 1. The van der Waals surface area contributed by atoms with Gasteiger partial charge < -0.3 is 20.4 Å². The molecule has 0 unspecified atom stereocenters. The quantitative estimate of drug-likeness (QED) is 0.769. The fourth-order valence-electron chi connectivity index (χ4n) is 2.15. The van der Waals surface area contributed by atoms with Gasteiger partial charge in [-0.15, -0.1) is 0 Å². The highest BCUT2D eigenvalue weighted by atomic mass is 79.9. The molecule has 2 rings (SSSR count). The lowest BCUT2D eigenvalue weighted by Gasteiger charge is -2.21. The maximum atomic E-state index is 12.0. The van der Waals surface area contributed by atoms with Crippen molar-refractivity contribution in [1.82, 2.24) is 10.2 Å². The molecule has 0 spiro atoms. The summed E-state index contributed by atoms with van der Waals surface area (Å²) in [6, 6.07) is 6.00. The molecule has 1 heterocycles. The van der Waals surface area contributed by atoms with Crippen molar-refractivity contribution in [2.45, 2.75) is 25.1 Å². The summed E-state index contributed by atoms with van der Waals surface area (Å²) in [4.78, 5) is 24.2. The number of likely N-dealkylation sites (tertiary alicyclic amines) is 1. The Bertz CT molecular complexity index is 506. The number of carbonyl (C=O) groups is 2. The van der Waals surface area contributed by atoms with Crippen LogP contribution in [0.4, 0.5) is 4.79 Å². The number of carboxylic acids is 1. The number of carboxylic acid groups (broad SMARTS) is 1. The number of rotatable bonds is 3. The van der Waals surface area contributed by atoms with E-state index in [1.165, 1.54) is 0 Å². The van der Waals surface area contributed by atoms with Gasteiger partial charge in [-0.1, -0.05) is 28.1 Å². The molecule has 0 radical (unpaired) electrons. The van der Waals surface area contributed by atoms with Crippen LogP contribution in [0.2, 0.25) is 0 Å². The SMILES string of the molecule is O=C(O)[C@H]1C[C@@H](O)CN1C(=O)NCc1ccc(Br)cc1. The molecular formula is C13H15BrN2O4. The highest BCUT2D eigenvalue weighted by molar-refractivity contribution is 9.10. The van der Waals surface area contributed by atoms with E-state index >= 15 is 0 Å². The monoisotopic (exact) mass is 342 g/mol. The molecule has 1 aromatic rings. The number of halogens is 1. The average molecular weight is 343 g/mol. The van der Waals surface area contributed by atoms with Gasteiger partial charge in [-0.3, -0.25) is 0 Å². The second-order valence-electron chi connectivity index (χ2n) is 4.68. The molecule has 108 valence electrons. The van der Waals surface area contributed by atoms with Gasteiger partial charge in [-0.05, 0) is 17.7 Å². The van der Waals surface area contributed by atoms with E-state index in [-0.39, 0.29) is 13.0 Å². The minimum atomic E-state index is -1.10. The van der Waals surface area contributed by atoms with Gasteiger partial charge in [-0.2, -0.15) is 0 Å². The first-order chi connectivity index (χ1) is 9.47. The number of aliphatic carboxylic acids is 1. The van der Waals surface area contributed by atoms with Crippen LogP contribution >= 0.6 is 15.9 Å². The van der Waals surface area contributed by atoms with Crippen molar-refractivity contribution in [3.63, 3.8) is 0 Å². The zero-order chi connectivity index (χ0) is 14.7. The number of nitrogens with zero attached hydrogens (tertiary/aromatic N) is 1. The number of amides is 2. The van der Waals surface area contributed by atoms with Crippen LogP contribution in [-0.2, 0) is 11.3 Å². The molecule has 0 saturated carbocycles. The Morgan fingerprint density at radius 1 is 1.35 bits per heavy atom. The summed E-state index contributed by atoms with van der Waals surface area (Å²) in [6.45, 7) is 0.355. The van der Waals surface area contributed by atoms with Crippen LogP contribution in [0.1, 0.15) is 12.0 Å². The molecule has 1 aliphatic rings. The summed E-state index contributed by atoms with van der Waals surface area (Å²) in [5, 5.41) is 21.2. The molecular weight excluding hydrogens is 328 g/mol. The highest BCUT2D eigenvalue weighted by Gasteiger charge is 2.38. The van der Waals surface area contributed by atoms with E-state index in [4.69, 9.17) is 5.11 Å². The van der Waals surface area contributed by atoms with E-state index in [1.807, 2.05) is 24.3 Å². The Kier molecular flexibility index (Phi) is 4.61. The molecule has 0 aliphatic carbocycles. The van der Waals surface area contributed by atoms with Crippen molar-refractivity contribution in [3.8, 4) is 0 Å². The number of urea groups is 1. The maximum absolute atomic E-state index is 12.0. The third-order valence-electron chi connectivity index (χ3n) is 3.18. The van der Waals surface area contributed by atoms with Crippen LogP contribution in [0.5, 0.6) is 0 Å². The minimum absolute atomic E-state index is 0.0448. The van der Waals surface area contributed by atoms with Crippen molar-refractivity contribution in [2.75, 3.05) is 6.54 Å². The molecule has 20 heavy (non-hydrogen) atoms. The summed E-state index contributed by atoms with van der Waals surface area (Å²) in [5.74, 6) is -1.10. The van der Waals surface area contributed by atoms with E-state index in [0.717, 1.165) is 14.9 Å². The number of β-amino-alcohol motifs (C(OH)–C–C–N with tert-alkyl or cyclic N) is 1. The molecule has 1 saturated heterocycles. The molecule has 2 amide bonds. The van der Waals surface area contributed by atoms with Crippen LogP contribution in [0.3, 0.4) is 0 Å². The lowest BCUT2D eigenvalue weighted by molar-refractivity contribution is -0.141. The summed E-state index contributed by atoms with van der Waals surface area (Å²) in [7, 11) is 0. The summed E-state index contributed by atoms with van der Waals surface area (Å²) in [6.07, 6.45) is -0.712. The van der Waals surface area contributed by atoms with E-state index in [1.54, 1.807) is 0 Å². The van der Waals surface area contributed by atoms with Gasteiger partial charge in [0.2, 0.25) is 0 Å². The second-order valence-corrected chi connectivity index (χ2v) is 5.60. The van der Waals surface area contributed by atoms with Crippen LogP contribution in [0.25, 0.3) is 0 Å². The Hall–Kier alpha value is -1.60. The van der Waals surface area contributed by atoms with Gasteiger partial charge in [0.05, 0.1) is 6.10 Å². The van der Waals surface area contributed by atoms with Gasteiger partial charge in [0.15, 0.2) is 0 Å². The normalized spacial score (nSPS) is 21.8. The molecule has 0 bridgehead atoms. The van der Waals surface area contributed by atoms with E-state index in [0.29, 0.717) is 6.54 Å². The lowest BCUT2D eigenvalue weighted by Crippen LogP contribution is -2.45. The molecule has 0 aromatic heterocycles. The van der Waals surface area contributed by atoms with Gasteiger partial charge in [0.1, 0.15) is 6.04 Å². The number of aliphatic hydroxyl groups is 1. The van der Waals surface area contributed by atoms with Crippen LogP contribution < -0.4 is 5.32 Å². The van der Waals surface area contributed by atoms with Gasteiger partial charge in [-0.25, -0.2) is 9.59 Å². The molecule has 7 heteroatoms. The molecule has 1 aliphatic heterocycles. The number of hydrogen-bond donors (Lipinski definition) is 3. The van der Waals surface area contributed by atoms with E-state index < -0.39 is 24.1 Å². The van der Waals surface area contributed by atoms with Gasteiger partial charge in [0, 0.05) is 24.0 Å². The zero-order valence-electron chi connectivity index (χ0n) is 10.6. The van der Waals surface area contributed by atoms with Gasteiger partial charge >= 0.3 is 12.0 Å². The van der Waals surface area contributed by atoms with E-state index in [2.05, 4.69) is 21.2 Å². The number of aliphatic hydroxyl groups excluding tert-OH is 1. The first-order valence-electron chi connectivity index (χ1n) is 6.17. The number of hydrogen-bond acceptors (Lipinski definition) is 3. The molecule has 1 aromatic carbocycles. The fourth-order valence-corrected chi connectivity index (χ4v) is 2.42. The fraction of sp³-hybridized carbons (Fsp3) is 0.385. The van der Waals surface area contributed by atoms with Crippen LogP contribution in [-0.4, -0.2) is 45.8 Å². The molecule has 1 fully saturated rings. The van der Waals surface area contributed by atoms with Crippen molar-refractivity contribution < 1.29 is 19.8 Å². The smallest absolute Gasteiger partial charge is 0.326 e. The summed E-state index contributed by atoms with van der Waals surface area (Å²) >= 11 is 3.32. The zero-order valence-corrected chi connectivity index (χ0v) is 12.2.